The van der Waals surface area contributed by atoms with Crippen molar-refractivity contribution in [2.75, 3.05) is 13.7 Å². The number of benzene rings is 2. The molecule has 0 atom stereocenters. The van der Waals surface area contributed by atoms with Crippen LogP contribution in [0.4, 0.5) is 8.78 Å². The average molecular weight is 385 g/mol. The summed E-state index contributed by atoms with van der Waals surface area (Å²) >= 11 is 0. The average Bonchev–Trinajstić information content (AvgIpc) is 3.18. The number of nitrogens with zero attached hydrogens (tertiary/aromatic N) is 3. The molecule has 0 fully saturated rings. The van der Waals surface area contributed by atoms with Gasteiger partial charge in [-0.3, -0.25) is 9.36 Å². The van der Waals surface area contributed by atoms with Crippen LogP contribution in [0, 0.1) is 11.6 Å². The molecule has 0 aliphatic rings. The summed E-state index contributed by atoms with van der Waals surface area (Å²) in [5.74, 6) is -1.90. The standard InChI is InChI=1S/C20H17F2N3O3/c1-24(11-14-2-4-15(21)5-3-14)19(26)12-28-20(27)18-10-23-13-25(18)17-8-6-16(22)7-9-17/h2-10,13H,11-12H2,1H3. The smallest absolute Gasteiger partial charge is 0.357 e. The quantitative estimate of drug-likeness (QED) is 0.612. The van der Waals surface area contributed by atoms with Gasteiger partial charge >= 0.3 is 5.97 Å². The fraction of sp³-hybridized carbons (Fsp3) is 0.150. The van der Waals surface area contributed by atoms with Crippen molar-refractivity contribution in [3.8, 4) is 5.69 Å². The number of amides is 1. The Hall–Kier alpha value is -3.55. The number of hydrogen-bond donors (Lipinski definition) is 0. The number of rotatable bonds is 6. The van der Waals surface area contributed by atoms with Crippen LogP contribution in [0.3, 0.4) is 0 Å². The van der Waals surface area contributed by atoms with Crippen molar-refractivity contribution in [1.82, 2.24) is 14.5 Å². The SMILES string of the molecule is CN(Cc1ccc(F)cc1)C(=O)COC(=O)c1cncn1-c1ccc(F)cc1. The molecule has 3 aromatic rings. The van der Waals surface area contributed by atoms with Gasteiger partial charge in [0.1, 0.15) is 11.6 Å². The van der Waals surface area contributed by atoms with Crippen LogP contribution in [0.25, 0.3) is 5.69 Å². The summed E-state index contributed by atoms with van der Waals surface area (Å²) in [6.45, 7) is -0.199. The van der Waals surface area contributed by atoms with Gasteiger partial charge in [0.05, 0.1) is 12.5 Å². The number of carbonyl (C=O) groups is 2. The Morgan fingerprint density at radius 2 is 1.64 bits per heavy atom. The molecule has 0 radical (unpaired) electrons. The minimum atomic E-state index is -0.731. The molecule has 3 rings (SSSR count). The molecule has 0 unspecified atom stereocenters. The highest BCUT2D eigenvalue weighted by atomic mass is 19.1. The van der Waals surface area contributed by atoms with E-state index in [-0.39, 0.29) is 18.1 Å². The molecular formula is C20H17F2N3O3. The highest BCUT2D eigenvalue weighted by Gasteiger charge is 2.18. The van der Waals surface area contributed by atoms with Gasteiger partial charge in [0.15, 0.2) is 12.3 Å². The lowest BCUT2D eigenvalue weighted by atomic mass is 10.2. The molecule has 144 valence electrons. The van der Waals surface area contributed by atoms with Crippen molar-refractivity contribution in [2.45, 2.75) is 6.54 Å². The molecule has 0 saturated heterocycles. The maximum Gasteiger partial charge on any atom is 0.357 e. The monoisotopic (exact) mass is 385 g/mol. The van der Waals surface area contributed by atoms with Crippen LogP contribution in [-0.2, 0) is 16.1 Å². The zero-order valence-corrected chi connectivity index (χ0v) is 15.0. The van der Waals surface area contributed by atoms with E-state index in [0.29, 0.717) is 5.69 Å². The molecule has 0 bridgehead atoms. The predicted octanol–water partition coefficient (Wildman–Crippen LogP) is 2.97. The highest BCUT2D eigenvalue weighted by molar-refractivity contribution is 5.90. The molecule has 0 aliphatic carbocycles. The van der Waals surface area contributed by atoms with E-state index >= 15 is 0 Å². The topological polar surface area (TPSA) is 64.4 Å². The van der Waals surface area contributed by atoms with Gasteiger partial charge in [0.25, 0.3) is 5.91 Å². The van der Waals surface area contributed by atoms with E-state index in [0.717, 1.165) is 5.56 Å². The molecule has 0 aliphatic heterocycles. The zero-order valence-electron chi connectivity index (χ0n) is 15.0. The third-order valence-electron chi connectivity index (χ3n) is 4.04. The second-order valence-electron chi connectivity index (χ2n) is 6.08. The first-order valence-electron chi connectivity index (χ1n) is 8.38. The van der Waals surface area contributed by atoms with Crippen LogP contribution in [0.1, 0.15) is 16.1 Å². The summed E-state index contributed by atoms with van der Waals surface area (Å²) in [7, 11) is 1.56. The van der Waals surface area contributed by atoms with Gasteiger partial charge in [-0.2, -0.15) is 0 Å². The summed E-state index contributed by atoms with van der Waals surface area (Å²) < 4.78 is 32.5. The Balaban J connectivity index is 1.59. The Bertz CT molecular complexity index is 969. The number of aromatic nitrogens is 2. The molecule has 1 aromatic heterocycles. The third kappa shape index (κ3) is 4.59. The van der Waals surface area contributed by atoms with Gasteiger partial charge < -0.3 is 9.64 Å². The van der Waals surface area contributed by atoms with Gasteiger partial charge in [-0.15, -0.1) is 0 Å². The van der Waals surface area contributed by atoms with E-state index in [4.69, 9.17) is 4.74 Å². The van der Waals surface area contributed by atoms with Crippen LogP contribution in [0.5, 0.6) is 0 Å². The Kier molecular flexibility index (Phi) is 5.78. The molecule has 1 heterocycles. The summed E-state index contributed by atoms with van der Waals surface area (Å²) in [4.78, 5) is 29.8. The normalized spacial score (nSPS) is 10.5. The Labute approximate surface area is 160 Å². The summed E-state index contributed by atoms with van der Waals surface area (Å²) in [6.07, 6.45) is 2.70. The van der Waals surface area contributed by atoms with Crippen molar-refractivity contribution in [3.05, 3.63) is 83.9 Å². The van der Waals surface area contributed by atoms with Gasteiger partial charge in [-0.05, 0) is 42.0 Å². The van der Waals surface area contributed by atoms with Crippen molar-refractivity contribution in [2.24, 2.45) is 0 Å². The van der Waals surface area contributed by atoms with Crippen LogP contribution in [0.2, 0.25) is 0 Å². The molecule has 6 nitrogen and oxygen atoms in total. The largest absolute Gasteiger partial charge is 0.451 e. The lowest BCUT2D eigenvalue weighted by Gasteiger charge is -2.17. The predicted molar refractivity (Wildman–Crippen MR) is 96.7 cm³/mol. The second kappa shape index (κ2) is 8.43. The van der Waals surface area contributed by atoms with E-state index in [1.165, 1.54) is 58.4 Å². The molecule has 0 spiro atoms. The third-order valence-corrected chi connectivity index (χ3v) is 4.04. The van der Waals surface area contributed by atoms with Crippen molar-refractivity contribution in [1.29, 1.82) is 0 Å². The van der Waals surface area contributed by atoms with Crippen molar-refractivity contribution >= 4 is 11.9 Å². The number of imidazole rings is 1. The number of halogens is 2. The van der Waals surface area contributed by atoms with Gasteiger partial charge in [-0.25, -0.2) is 18.6 Å². The molecule has 2 aromatic carbocycles. The van der Waals surface area contributed by atoms with Gasteiger partial charge in [-0.1, -0.05) is 12.1 Å². The molecule has 28 heavy (non-hydrogen) atoms. The number of likely N-dealkylation sites (N-methyl/N-ethyl adjacent to an activating group) is 1. The van der Waals surface area contributed by atoms with E-state index in [9.17, 15) is 18.4 Å². The first-order chi connectivity index (χ1) is 13.4. The maximum absolute atomic E-state index is 13.1. The lowest BCUT2D eigenvalue weighted by molar-refractivity contribution is -0.133. The van der Waals surface area contributed by atoms with E-state index in [1.54, 1.807) is 19.2 Å². The highest BCUT2D eigenvalue weighted by Crippen LogP contribution is 2.13. The molecule has 0 saturated carbocycles. The Morgan fingerprint density at radius 3 is 2.29 bits per heavy atom. The summed E-state index contributed by atoms with van der Waals surface area (Å²) in [6, 6.07) is 11.3. The van der Waals surface area contributed by atoms with Crippen LogP contribution < -0.4 is 0 Å². The Morgan fingerprint density at radius 1 is 1.04 bits per heavy atom. The number of esters is 1. The molecule has 1 amide bonds. The van der Waals surface area contributed by atoms with Crippen LogP contribution in [-0.4, -0.2) is 40.0 Å². The fourth-order valence-electron chi connectivity index (χ4n) is 2.52. The maximum atomic E-state index is 13.1. The van der Waals surface area contributed by atoms with Gasteiger partial charge in [0.2, 0.25) is 0 Å². The molecule has 0 N–H and O–H groups in total. The fourth-order valence-corrected chi connectivity index (χ4v) is 2.52. The first kappa shape index (κ1) is 19.2. The molecular weight excluding hydrogens is 368 g/mol. The van der Waals surface area contributed by atoms with E-state index in [1.807, 2.05) is 0 Å². The number of carbonyl (C=O) groups excluding carboxylic acids is 2. The van der Waals surface area contributed by atoms with Crippen LogP contribution >= 0.6 is 0 Å². The number of ether oxygens (including phenoxy) is 1. The van der Waals surface area contributed by atoms with Crippen LogP contribution in [0.15, 0.2) is 61.1 Å². The van der Waals surface area contributed by atoms with E-state index in [2.05, 4.69) is 4.98 Å². The lowest BCUT2D eigenvalue weighted by Crippen LogP contribution is -2.31. The minimum Gasteiger partial charge on any atom is -0.451 e. The number of hydrogen-bond acceptors (Lipinski definition) is 4. The van der Waals surface area contributed by atoms with Crippen molar-refractivity contribution in [3.63, 3.8) is 0 Å². The van der Waals surface area contributed by atoms with Gasteiger partial charge in [0, 0.05) is 19.3 Å². The first-order valence-corrected chi connectivity index (χ1v) is 8.38. The van der Waals surface area contributed by atoms with Crippen molar-refractivity contribution < 1.29 is 23.1 Å². The minimum absolute atomic E-state index is 0.112. The molecule has 8 heteroatoms. The summed E-state index contributed by atoms with van der Waals surface area (Å²) in [5, 5.41) is 0. The zero-order chi connectivity index (χ0) is 20.1. The van der Waals surface area contributed by atoms with E-state index < -0.39 is 24.3 Å². The second-order valence-corrected chi connectivity index (χ2v) is 6.08. The summed E-state index contributed by atoms with van der Waals surface area (Å²) in [5.41, 5.74) is 1.39.